The van der Waals surface area contributed by atoms with E-state index < -0.39 is 0 Å². The molecule has 2 rings (SSSR count). The largest absolute Gasteiger partial charge is 0.497 e. The molecule has 4 heteroatoms. The van der Waals surface area contributed by atoms with Gasteiger partial charge in [0.2, 0.25) is 0 Å². The monoisotopic (exact) mass is 249 g/mol. The van der Waals surface area contributed by atoms with Crippen molar-refractivity contribution in [3.8, 4) is 5.75 Å². The van der Waals surface area contributed by atoms with Crippen LogP contribution in [0.1, 0.15) is 29.6 Å². The van der Waals surface area contributed by atoms with Crippen LogP contribution in [0.5, 0.6) is 5.75 Å². The van der Waals surface area contributed by atoms with E-state index in [2.05, 4.69) is 0 Å². The van der Waals surface area contributed by atoms with Gasteiger partial charge in [0.1, 0.15) is 5.75 Å². The molecule has 0 aliphatic carbocycles. The third-order valence-electron chi connectivity index (χ3n) is 3.44. The molecule has 4 nitrogen and oxygen atoms in total. The first-order valence-electron chi connectivity index (χ1n) is 6.32. The summed E-state index contributed by atoms with van der Waals surface area (Å²) < 4.78 is 5.07. The zero-order valence-electron chi connectivity index (χ0n) is 10.6. The molecule has 0 unspecified atom stereocenters. The number of hydrogen-bond acceptors (Lipinski definition) is 3. The molecule has 1 saturated heterocycles. The quantitative estimate of drug-likeness (QED) is 0.886. The number of nitrogens with zero attached hydrogens (tertiary/aromatic N) is 1. The fraction of sp³-hybridized carbons (Fsp3) is 0.500. The Morgan fingerprint density at radius 2 is 2.11 bits per heavy atom. The van der Waals surface area contributed by atoms with Crippen LogP contribution in [0.15, 0.2) is 24.3 Å². The highest BCUT2D eigenvalue weighted by Gasteiger charge is 2.26. The lowest BCUT2D eigenvalue weighted by molar-refractivity contribution is 0.0503. The third kappa shape index (κ3) is 2.64. The number of aliphatic hydroxyl groups excluding tert-OH is 1. The van der Waals surface area contributed by atoms with E-state index in [0.717, 1.165) is 31.6 Å². The van der Waals surface area contributed by atoms with Gasteiger partial charge in [-0.3, -0.25) is 4.79 Å². The Balaban J connectivity index is 2.13. The molecule has 1 aliphatic rings. The summed E-state index contributed by atoms with van der Waals surface area (Å²) in [5.74, 6) is 0.736. The number of rotatable bonds is 3. The van der Waals surface area contributed by atoms with Crippen molar-refractivity contribution in [2.24, 2.45) is 0 Å². The van der Waals surface area contributed by atoms with Gasteiger partial charge in [-0.1, -0.05) is 0 Å². The molecule has 0 aromatic heterocycles. The van der Waals surface area contributed by atoms with Crippen LogP contribution in [0.3, 0.4) is 0 Å². The number of likely N-dealkylation sites (tertiary alicyclic amines) is 1. The van der Waals surface area contributed by atoms with Gasteiger partial charge in [0.15, 0.2) is 0 Å². The van der Waals surface area contributed by atoms with Crippen molar-refractivity contribution in [3.05, 3.63) is 29.8 Å². The highest BCUT2D eigenvalue weighted by Crippen LogP contribution is 2.20. The first-order valence-corrected chi connectivity index (χ1v) is 6.32. The molecule has 1 aromatic carbocycles. The molecule has 1 atom stereocenters. The van der Waals surface area contributed by atoms with Crippen molar-refractivity contribution >= 4 is 5.91 Å². The van der Waals surface area contributed by atoms with E-state index in [-0.39, 0.29) is 18.6 Å². The van der Waals surface area contributed by atoms with Gasteiger partial charge >= 0.3 is 0 Å². The standard InChI is InChI=1S/C14H19NO3/c1-18-13-7-5-11(6-8-13)14(17)15-9-3-2-4-12(15)10-16/h5-8,12,16H,2-4,9-10H2,1H3/t12-/m1/s1. The molecule has 0 saturated carbocycles. The van der Waals surface area contributed by atoms with Crippen LogP contribution >= 0.6 is 0 Å². The van der Waals surface area contributed by atoms with Crippen molar-refractivity contribution < 1.29 is 14.6 Å². The summed E-state index contributed by atoms with van der Waals surface area (Å²) in [4.78, 5) is 14.1. The van der Waals surface area contributed by atoms with Crippen molar-refractivity contribution in [2.45, 2.75) is 25.3 Å². The number of carbonyl (C=O) groups excluding carboxylic acids is 1. The summed E-state index contributed by atoms with van der Waals surface area (Å²) in [6.45, 7) is 0.776. The Bertz CT molecular complexity index is 402. The SMILES string of the molecule is COc1ccc(C(=O)N2CCCC[C@@H]2CO)cc1. The predicted octanol–water partition coefficient (Wildman–Crippen LogP) is 1.68. The second kappa shape index (κ2) is 5.87. The molecule has 1 amide bonds. The fourth-order valence-electron chi connectivity index (χ4n) is 2.36. The number of amides is 1. The lowest BCUT2D eigenvalue weighted by Gasteiger charge is -2.34. The van der Waals surface area contributed by atoms with E-state index in [1.165, 1.54) is 0 Å². The summed E-state index contributed by atoms with van der Waals surface area (Å²) in [6.07, 6.45) is 2.98. The van der Waals surface area contributed by atoms with Gasteiger partial charge in [-0.15, -0.1) is 0 Å². The smallest absolute Gasteiger partial charge is 0.254 e. The van der Waals surface area contributed by atoms with Crippen LogP contribution < -0.4 is 4.74 Å². The third-order valence-corrected chi connectivity index (χ3v) is 3.44. The molecular weight excluding hydrogens is 230 g/mol. The normalized spacial score (nSPS) is 19.7. The molecule has 98 valence electrons. The zero-order chi connectivity index (χ0) is 13.0. The Labute approximate surface area is 107 Å². The second-order valence-corrected chi connectivity index (χ2v) is 4.56. The number of ether oxygens (including phenoxy) is 1. The lowest BCUT2D eigenvalue weighted by Crippen LogP contribution is -2.45. The number of aliphatic hydroxyl groups is 1. The van der Waals surface area contributed by atoms with E-state index >= 15 is 0 Å². The average molecular weight is 249 g/mol. The van der Waals surface area contributed by atoms with E-state index in [0.29, 0.717) is 5.56 Å². The topological polar surface area (TPSA) is 49.8 Å². The molecular formula is C14H19NO3. The Kier molecular flexibility index (Phi) is 4.20. The van der Waals surface area contributed by atoms with Gasteiger partial charge in [0.05, 0.1) is 19.8 Å². The van der Waals surface area contributed by atoms with Gasteiger partial charge in [-0.2, -0.15) is 0 Å². The minimum absolute atomic E-state index is 0.00333. The number of methoxy groups -OCH3 is 1. The summed E-state index contributed by atoms with van der Waals surface area (Å²) in [6, 6.07) is 7.07. The highest BCUT2D eigenvalue weighted by atomic mass is 16.5. The molecule has 1 aromatic rings. The first kappa shape index (κ1) is 12.9. The van der Waals surface area contributed by atoms with Crippen LogP contribution in [0.25, 0.3) is 0 Å². The Morgan fingerprint density at radius 3 is 2.72 bits per heavy atom. The fourth-order valence-corrected chi connectivity index (χ4v) is 2.36. The van der Waals surface area contributed by atoms with Crippen molar-refractivity contribution in [1.82, 2.24) is 4.90 Å². The minimum atomic E-state index is -0.0339. The molecule has 1 aliphatic heterocycles. The maximum absolute atomic E-state index is 12.3. The van der Waals surface area contributed by atoms with Crippen LogP contribution in [0.2, 0.25) is 0 Å². The predicted molar refractivity (Wildman–Crippen MR) is 68.8 cm³/mol. The van der Waals surface area contributed by atoms with E-state index in [1.807, 2.05) is 0 Å². The Hall–Kier alpha value is -1.55. The molecule has 1 N–H and O–H groups in total. The first-order chi connectivity index (χ1) is 8.76. The maximum Gasteiger partial charge on any atom is 0.254 e. The minimum Gasteiger partial charge on any atom is -0.497 e. The lowest BCUT2D eigenvalue weighted by atomic mass is 10.0. The molecule has 1 fully saturated rings. The van der Waals surface area contributed by atoms with Crippen molar-refractivity contribution in [2.75, 3.05) is 20.3 Å². The van der Waals surface area contributed by atoms with Gasteiger partial charge in [0.25, 0.3) is 5.91 Å². The zero-order valence-corrected chi connectivity index (χ0v) is 10.6. The number of carbonyl (C=O) groups is 1. The maximum atomic E-state index is 12.3. The highest BCUT2D eigenvalue weighted by molar-refractivity contribution is 5.94. The second-order valence-electron chi connectivity index (χ2n) is 4.56. The molecule has 1 heterocycles. The molecule has 0 bridgehead atoms. The van der Waals surface area contributed by atoms with E-state index in [9.17, 15) is 9.90 Å². The Morgan fingerprint density at radius 1 is 1.39 bits per heavy atom. The molecule has 18 heavy (non-hydrogen) atoms. The van der Waals surface area contributed by atoms with Gasteiger partial charge < -0.3 is 14.7 Å². The van der Waals surface area contributed by atoms with Crippen LogP contribution in [0.4, 0.5) is 0 Å². The average Bonchev–Trinajstić information content (AvgIpc) is 2.46. The van der Waals surface area contributed by atoms with Crippen molar-refractivity contribution in [3.63, 3.8) is 0 Å². The summed E-state index contributed by atoms with van der Waals surface area (Å²) in [5, 5.41) is 9.33. The summed E-state index contributed by atoms with van der Waals surface area (Å²) in [7, 11) is 1.60. The molecule has 0 radical (unpaired) electrons. The molecule has 0 spiro atoms. The number of benzene rings is 1. The van der Waals surface area contributed by atoms with Gasteiger partial charge in [-0.05, 0) is 43.5 Å². The summed E-state index contributed by atoms with van der Waals surface area (Å²) in [5.41, 5.74) is 0.649. The van der Waals surface area contributed by atoms with E-state index in [1.54, 1.807) is 36.3 Å². The van der Waals surface area contributed by atoms with E-state index in [4.69, 9.17) is 4.74 Å². The number of piperidine rings is 1. The van der Waals surface area contributed by atoms with Crippen molar-refractivity contribution in [1.29, 1.82) is 0 Å². The number of hydrogen-bond donors (Lipinski definition) is 1. The van der Waals surface area contributed by atoms with Crippen LogP contribution in [0, 0.1) is 0 Å². The van der Waals surface area contributed by atoms with Crippen LogP contribution in [-0.2, 0) is 0 Å². The van der Waals surface area contributed by atoms with Gasteiger partial charge in [0, 0.05) is 12.1 Å². The van der Waals surface area contributed by atoms with Gasteiger partial charge in [-0.25, -0.2) is 0 Å². The summed E-state index contributed by atoms with van der Waals surface area (Å²) >= 11 is 0. The van der Waals surface area contributed by atoms with Crippen LogP contribution in [-0.4, -0.2) is 42.2 Å².